The molecule has 0 aliphatic carbocycles. The zero-order valence-electron chi connectivity index (χ0n) is 13.3. The third kappa shape index (κ3) is 7.13. The maximum absolute atomic E-state index is 5.77. The second-order valence-electron chi connectivity index (χ2n) is 4.56. The first-order chi connectivity index (χ1) is 12.0. The summed E-state index contributed by atoms with van der Waals surface area (Å²) in [5.74, 6) is 0.824. The Morgan fingerprint density at radius 1 is 0.750 bits per heavy atom. The largest absolute Gasteiger partial charge is 0.489 e. The molecule has 0 bridgehead atoms. The molecule has 0 unspecified atom stereocenters. The van der Waals surface area contributed by atoms with E-state index < -0.39 is 0 Å². The molecular weight excluding hydrogens is 298 g/mol. The Labute approximate surface area is 142 Å². The number of hydrogen-bond acceptors (Lipinski definition) is 4. The lowest BCUT2D eigenvalue weighted by molar-refractivity contribution is 0.362. The molecule has 0 amide bonds. The quantitative estimate of drug-likeness (QED) is 0.699. The summed E-state index contributed by atoms with van der Waals surface area (Å²) < 4.78 is 5.77. The lowest BCUT2D eigenvalue weighted by Crippen LogP contribution is -1.94. The molecular formula is C20H19N3O. The van der Waals surface area contributed by atoms with Crippen molar-refractivity contribution in [1.29, 1.82) is 0 Å². The molecule has 0 saturated heterocycles. The van der Waals surface area contributed by atoms with Crippen LogP contribution in [0, 0.1) is 0 Å². The van der Waals surface area contributed by atoms with Crippen LogP contribution < -0.4 is 4.74 Å². The molecule has 0 saturated carbocycles. The molecule has 4 heteroatoms. The van der Waals surface area contributed by atoms with Crippen LogP contribution in [-0.4, -0.2) is 25.4 Å². The van der Waals surface area contributed by atoms with Crippen LogP contribution in [0.1, 0.15) is 5.56 Å². The Morgan fingerprint density at radius 3 is 2.58 bits per heavy atom. The van der Waals surface area contributed by atoms with Crippen LogP contribution in [-0.2, 0) is 0 Å². The van der Waals surface area contributed by atoms with Crippen LogP contribution in [0.15, 0.2) is 94.2 Å². The Hall–Kier alpha value is -3.27. The first kappa shape index (κ1) is 17.1. The fourth-order valence-electron chi connectivity index (χ4n) is 1.75. The SMILES string of the molecule is C1=NC=N\C=C/C=C\C=N\C=C/C=C\COc2ccccc2/C=C\1. The summed E-state index contributed by atoms with van der Waals surface area (Å²) in [7, 11) is 0. The van der Waals surface area contributed by atoms with Gasteiger partial charge in [-0.2, -0.15) is 0 Å². The van der Waals surface area contributed by atoms with Crippen LogP contribution in [0.5, 0.6) is 5.75 Å². The predicted molar refractivity (Wildman–Crippen MR) is 103 cm³/mol. The van der Waals surface area contributed by atoms with E-state index in [-0.39, 0.29) is 0 Å². The van der Waals surface area contributed by atoms with Gasteiger partial charge in [0.1, 0.15) is 18.7 Å². The minimum Gasteiger partial charge on any atom is -0.489 e. The lowest BCUT2D eigenvalue weighted by atomic mass is 10.2. The summed E-state index contributed by atoms with van der Waals surface area (Å²) in [5.41, 5.74) is 0.994. The van der Waals surface area contributed by atoms with Crippen LogP contribution in [0.25, 0.3) is 6.08 Å². The van der Waals surface area contributed by atoms with Crippen molar-refractivity contribution in [3.63, 3.8) is 0 Å². The smallest absolute Gasteiger partial charge is 0.126 e. The normalized spacial score (nSPS) is 23.2. The highest BCUT2D eigenvalue weighted by Crippen LogP contribution is 2.19. The maximum Gasteiger partial charge on any atom is 0.126 e. The van der Waals surface area contributed by atoms with Crippen molar-refractivity contribution in [1.82, 2.24) is 0 Å². The van der Waals surface area contributed by atoms with Gasteiger partial charge in [0.25, 0.3) is 0 Å². The predicted octanol–water partition coefficient (Wildman–Crippen LogP) is 4.40. The Balaban J connectivity index is 2.13. The van der Waals surface area contributed by atoms with Crippen molar-refractivity contribution >= 4 is 24.8 Å². The molecule has 0 fully saturated rings. The molecule has 1 aliphatic rings. The summed E-state index contributed by atoms with van der Waals surface area (Å²) in [6, 6.07) is 7.85. The average Bonchev–Trinajstić information content (AvgIpc) is 2.61. The van der Waals surface area contributed by atoms with Crippen LogP contribution in [0.2, 0.25) is 0 Å². The molecule has 1 heterocycles. The number of allylic oxidation sites excluding steroid dienone is 6. The van der Waals surface area contributed by atoms with Crippen molar-refractivity contribution in [3.05, 3.63) is 84.8 Å². The highest BCUT2D eigenvalue weighted by Gasteiger charge is 1.97. The molecule has 0 radical (unpaired) electrons. The van der Waals surface area contributed by atoms with E-state index in [1.54, 1.807) is 24.8 Å². The Morgan fingerprint density at radius 2 is 1.58 bits per heavy atom. The maximum atomic E-state index is 5.77. The van der Waals surface area contributed by atoms with Crippen molar-refractivity contribution in [2.45, 2.75) is 0 Å². The van der Waals surface area contributed by atoms with E-state index in [0.717, 1.165) is 11.3 Å². The van der Waals surface area contributed by atoms with Gasteiger partial charge in [-0.3, -0.25) is 4.99 Å². The number of rotatable bonds is 0. The standard InChI is InChI=1S/C20H19N3O/c1-5-13-21-14-7-2-8-17-24-20-12-4-3-10-19(20)11-9-16-23-18-22-15-6-1/h1-16,18H,17H2/b5-1-,8-2-,11-9-,14-7-,15-6-,21-13+,22-18?,23-16?. The van der Waals surface area contributed by atoms with E-state index >= 15 is 0 Å². The molecule has 0 atom stereocenters. The van der Waals surface area contributed by atoms with Gasteiger partial charge in [-0.15, -0.1) is 0 Å². The summed E-state index contributed by atoms with van der Waals surface area (Å²) in [6.07, 6.45) is 23.2. The first-order valence-corrected chi connectivity index (χ1v) is 7.57. The highest BCUT2D eigenvalue weighted by molar-refractivity contribution is 5.84. The Bertz CT molecular complexity index is 735. The molecule has 1 aromatic rings. The fraction of sp³-hybridized carbons (Fsp3) is 0.0500. The number of fused-ring (bicyclic) bond motifs is 1. The zero-order valence-corrected chi connectivity index (χ0v) is 13.3. The van der Waals surface area contributed by atoms with Gasteiger partial charge in [0.05, 0.1) is 0 Å². The summed E-state index contributed by atoms with van der Waals surface area (Å²) in [4.78, 5) is 12.2. The van der Waals surface area contributed by atoms with Gasteiger partial charge in [-0.1, -0.05) is 30.4 Å². The second-order valence-corrected chi connectivity index (χ2v) is 4.56. The van der Waals surface area contributed by atoms with E-state index in [1.807, 2.05) is 72.9 Å². The molecule has 4 nitrogen and oxygen atoms in total. The zero-order chi connectivity index (χ0) is 16.7. The van der Waals surface area contributed by atoms with Crippen molar-refractivity contribution in [2.75, 3.05) is 6.61 Å². The van der Waals surface area contributed by atoms with Gasteiger partial charge in [-0.25, -0.2) is 9.98 Å². The van der Waals surface area contributed by atoms with E-state index in [1.165, 1.54) is 6.34 Å². The summed E-state index contributed by atoms with van der Waals surface area (Å²) in [5, 5.41) is 0. The van der Waals surface area contributed by atoms with Gasteiger partial charge in [0.15, 0.2) is 0 Å². The van der Waals surface area contributed by atoms with Crippen molar-refractivity contribution in [2.24, 2.45) is 15.0 Å². The van der Waals surface area contributed by atoms with Gasteiger partial charge < -0.3 is 4.74 Å². The van der Waals surface area contributed by atoms with Crippen LogP contribution in [0.4, 0.5) is 0 Å². The van der Waals surface area contributed by atoms with Crippen LogP contribution >= 0.6 is 0 Å². The fourth-order valence-corrected chi connectivity index (χ4v) is 1.75. The van der Waals surface area contributed by atoms with Gasteiger partial charge in [0.2, 0.25) is 0 Å². The first-order valence-electron chi connectivity index (χ1n) is 7.57. The van der Waals surface area contributed by atoms with E-state index in [0.29, 0.717) is 6.61 Å². The van der Waals surface area contributed by atoms with E-state index in [9.17, 15) is 0 Å². The van der Waals surface area contributed by atoms with E-state index in [2.05, 4.69) is 15.0 Å². The van der Waals surface area contributed by atoms with Crippen LogP contribution in [0.3, 0.4) is 0 Å². The highest BCUT2D eigenvalue weighted by atomic mass is 16.5. The van der Waals surface area contributed by atoms with Crippen molar-refractivity contribution in [3.8, 4) is 5.75 Å². The molecule has 0 aromatic heterocycles. The average molecular weight is 317 g/mol. The monoisotopic (exact) mass is 317 g/mol. The number of aliphatic imine (C=N–C) groups is 3. The molecule has 24 heavy (non-hydrogen) atoms. The third-order valence-electron chi connectivity index (χ3n) is 2.82. The molecule has 120 valence electrons. The van der Waals surface area contributed by atoms with Gasteiger partial charge in [0, 0.05) is 30.4 Å². The summed E-state index contributed by atoms with van der Waals surface area (Å²) in [6.45, 7) is 0.490. The molecule has 0 N–H and O–H groups in total. The number of nitrogens with zero attached hydrogens (tertiary/aromatic N) is 3. The molecule has 2 rings (SSSR count). The van der Waals surface area contributed by atoms with E-state index in [4.69, 9.17) is 4.74 Å². The lowest BCUT2D eigenvalue weighted by Gasteiger charge is -2.06. The van der Waals surface area contributed by atoms with Crippen molar-refractivity contribution < 1.29 is 4.74 Å². The summed E-state index contributed by atoms with van der Waals surface area (Å²) >= 11 is 0. The minimum atomic E-state index is 0.490. The third-order valence-corrected chi connectivity index (χ3v) is 2.82. The Kier molecular flexibility index (Phi) is 8.06. The number of hydrogen-bond donors (Lipinski definition) is 0. The molecule has 1 aromatic carbocycles. The molecule has 1 aliphatic heterocycles. The number of ether oxygens (including phenoxy) is 1. The topological polar surface area (TPSA) is 46.3 Å². The molecule has 0 spiro atoms. The second kappa shape index (κ2) is 11.3. The van der Waals surface area contributed by atoms with Gasteiger partial charge in [-0.05, 0) is 42.5 Å². The van der Waals surface area contributed by atoms with Gasteiger partial charge >= 0.3 is 0 Å². The number of para-hydroxylation sites is 1. The number of benzene rings is 1. The minimum absolute atomic E-state index is 0.490.